The van der Waals surface area contributed by atoms with Gasteiger partial charge < -0.3 is 10.5 Å². The Labute approximate surface area is 89.1 Å². The Bertz CT molecular complexity index is 243. The van der Waals surface area contributed by atoms with Gasteiger partial charge in [0.15, 0.2) is 0 Å². The first-order chi connectivity index (χ1) is 6.88. The van der Waals surface area contributed by atoms with E-state index >= 15 is 0 Å². The highest BCUT2D eigenvalue weighted by atomic mass is 32.2. The third-order valence-electron chi connectivity index (χ3n) is 1.90. The largest absolute Gasteiger partial charge is 0.384 e. The van der Waals surface area contributed by atoms with E-state index in [9.17, 15) is 0 Å². The van der Waals surface area contributed by atoms with Crippen molar-refractivity contribution in [2.24, 2.45) is 5.73 Å². The van der Waals surface area contributed by atoms with Gasteiger partial charge in [0.25, 0.3) is 0 Å². The minimum atomic E-state index is 0.355. The zero-order chi connectivity index (χ0) is 10.2. The fraction of sp³-hybridized carbons (Fsp3) is 0.500. The number of hydrogen-bond acceptors (Lipinski definition) is 4. The molecule has 0 spiro atoms. The molecule has 1 atom stereocenters. The number of aromatic nitrogens is 1. The van der Waals surface area contributed by atoms with Gasteiger partial charge in [0, 0.05) is 37.1 Å². The van der Waals surface area contributed by atoms with E-state index in [1.807, 2.05) is 23.9 Å². The number of rotatable bonds is 6. The monoisotopic (exact) mass is 212 g/mol. The van der Waals surface area contributed by atoms with E-state index in [0.29, 0.717) is 11.8 Å². The molecule has 0 saturated carbocycles. The number of methoxy groups -OCH3 is 1. The minimum absolute atomic E-state index is 0.355. The lowest BCUT2D eigenvalue weighted by molar-refractivity contribution is 0.218. The summed E-state index contributed by atoms with van der Waals surface area (Å²) in [5.41, 5.74) is 6.94. The van der Waals surface area contributed by atoms with Crippen LogP contribution in [0.1, 0.15) is 10.8 Å². The average molecular weight is 212 g/mol. The zero-order valence-corrected chi connectivity index (χ0v) is 9.17. The number of pyridine rings is 1. The van der Waals surface area contributed by atoms with E-state index in [2.05, 4.69) is 4.98 Å². The summed E-state index contributed by atoms with van der Waals surface area (Å²) in [6, 6.07) is 4.02. The fourth-order valence-corrected chi connectivity index (χ4v) is 2.19. The van der Waals surface area contributed by atoms with Crippen LogP contribution in [0.4, 0.5) is 0 Å². The SMILES string of the molecule is COCCSC(CN)c1ccncc1. The van der Waals surface area contributed by atoms with E-state index in [0.717, 1.165) is 12.4 Å². The van der Waals surface area contributed by atoms with Gasteiger partial charge in [-0.2, -0.15) is 11.8 Å². The van der Waals surface area contributed by atoms with Crippen molar-refractivity contribution in [1.82, 2.24) is 4.98 Å². The lowest BCUT2D eigenvalue weighted by atomic mass is 10.2. The molecule has 0 bridgehead atoms. The van der Waals surface area contributed by atoms with Gasteiger partial charge in [0.05, 0.1) is 6.61 Å². The summed E-state index contributed by atoms with van der Waals surface area (Å²) in [7, 11) is 1.71. The van der Waals surface area contributed by atoms with Crippen molar-refractivity contribution < 1.29 is 4.74 Å². The Kier molecular flexibility index (Phi) is 5.59. The maximum atomic E-state index is 5.70. The van der Waals surface area contributed by atoms with Crippen LogP contribution >= 0.6 is 11.8 Å². The van der Waals surface area contributed by atoms with E-state index in [-0.39, 0.29) is 0 Å². The second-order valence-corrected chi connectivity index (χ2v) is 4.18. The van der Waals surface area contributed by atoms with Gasteiger partial charge in [-0.15, -0.1) is 0 Å². The summed E-state index contributed by atoms with van der Waals surface area (Å²) in [5.74, 6) is 0.973. The number of ether oxygens (including phenoxy) is 1. The first kappa shape index (κ1) is 11.5. The second kappa shape index (κ2) is 6.81. The number of nitrogens with two attached hydrogens (primary N) is 1. The van der Waals surface area contributed by atoms with E-state index < -0.39 is 0 Å². The third-order valence-corrected chi connectivity index (χ3v) is 3.17. The molecule has 1 rings (SSSR count). The van der Waals surface area contributed by atoms with Gasteiger partial charge in [0.1, 0.15) is 0 Å². The van der Waals surface area contributed by atoms with Crippen LogP contribution in [-0.4, -0.2) is 31.0 Å². The Morgan fingerprint density at radius 3 is 2.79 bits per heavy atom. The normalized spacial score (nSPS) is 12.7. The molecule has 1 heterocycles. The van der Waals surface area contributed by atoms with E-state index in [4.69, 9.17) is 10.5 Å². The molecule has 0 fully saturated rings. The maximum absolute atomic E-state index is 5.70. The maximum Gasteiger partial charge on any atom is 0.0553 e. The second-order valence-electron chi connectivity index (χ2n) is 2.87. The summed E-state index contributed by atoms with van der Waals surface area (Å²) in [4.78, 5) is 3.98. The summed E-state index contributed by atoms with van der Waals surface area (Å²) in [6.45, 7) is 1.42. The van der Waals surface area contributed by atoms with Crippen LogP contribution in [0.15, 0.2) is 24.5 Å². The van der Waals surface area contributed by atoms with E-state index in [1.54, 1.807) is 19.5 Å². The molecule has 0 radical (unpaired) electrons. The molecule has 0 amide bonds. The van der Waals surface area contributed by atoms with Gasteiger partial charge in [-0.25, -0.2) is 0 Å². The van der Waals surface area contributed by atoms with Gasteiger partial charge in [-0.05, 0) is 17.7 Å². The predicted octanol–water partition coefficient (Wildman–Crippen LogP) is 1.46. The van der Waals surface area contributed by atoms with Gasteiger partial charge in [0.2, 0.25) is 0 Å². The molecule has 0 saturated heterocycles. The molecule has 1 aromatic rings. The lowest BCUT2D eigenvalue weighted by Crippen LogP contribution is -2.10. The van der Waals surface area contributed by atoms with Crippen molar-refractivity contribution >= 4 is 11.8 Å². The molecule has 3 nitrogen and oxygen atoms in total. The highest BCUT2D eigenvalue weighted by Crippen LogP contribution is 2.26. The molecule has 78 valence electrons. The van der Waals surface area contributed by atoms with Crippen LogP contribution in [0.5, 0.6) is 0 Å². The highest BCUT2D eigenvalue weighted by Gasteiger charge is 2.08. The van der Waals surface area contributed by atoms with Gasteiger partial charge in [-0.3, -0.25) is 4.98 Å². The number of hydrogen-bond donors (Lipinski definition) is 1. The summed E-state index contributed by atoms with van der Waals surface area (Å²) in [6.07, 6.45) is 3.60. The van der Waals surface area contributed by atoms with Crippen molar-refractivity contribution in [2.45, 2.75) is 5.25 Å². The van der Waals surface area contributed by atoms with Crippen molar-refractivity contribution in [3.63, 3.8) is 0 Å². The molecular weight excluding hydrogens is 196 g/mol. The molecular formula is C10H16N2OS. The predicted molar refractivity (Wildman–Crippen MR) is 60.4 cm³/mol. The topological polar surface area (TPSA) is 48.1 Å². The molecule has 1 unspecified atom stereocenters. The first-order valence-corrected chi connectivity index (χ1v) is 5.64. The highest BCUT2D eigenvalue weighted by molar-refractivity contribution is 7.99. The zero-order valence-electron chi connectivity index (χ0n) is 8.35. The van der Waals surface area contributed by atoms with Crippen LogP contribution < -0.4 is 5.73 Å². The third kappa shape index (κ3) is 3.65. The first-order valence-electron chi connectivity index (χ1n) is 4.59. The van der Waals surface area contributed by atoms with Crippen LogP contribution in [0.25, 0.3) is 0 Å². The Morgan fingerprint density at radius 2 is 2.21 bits per heavy atom. The summed E-state index contributed by atoms with van der Waals surface area (Å²) in [5, 5.41) is 0.355. The Hall–Kier alpha value is -0.580. The average Bonchev–Trinajstić information content (AvgIpc) is 2.26. The van der Waals surface area contributed by atoms with Crippen LogP contribution in [0, 0.1) is 0 Å². The number of nitrogens with zero attached hydrogens (tertiary/aromatic N) is 1. The smallest absolute Gasteiger partial charge is 0.0553 e. The molecule has 0 aromatic carbocycles. The van der Waals surface area contributed by atoms with Crippen molar-refractivity contribution in [2.75, 3.05) is 26.0 Å². The molecule has 4 heteroatoms. The summed E-state index contributed by atoms with van der Waals surface area (Å²) < 4.78 is 5.00. The minimum Gasteiger partial charge on any atom is -0.384 e. The van der Waals surface area contributed by atoms with Crippen molar-refractivity contribution in [3.05, 3.63) is 30.1 Å². The molecule has 1 aromatic heterocycles. The quantitative estimate of drug-likeness (QED) is 0.725. The lowest BCUT2D eigenvalue weighted by Gasteiger charge is -2.13. The molecule has 0 aliphatic carbocycles. The molecule has 14 heavy (non-hydrogen) atoms. The fourth-order valence-electron chi connectivity index (χ4n) is 1.15. The summed E-state index contributed by atoms with van der Waals surface area (Å²) >= 11 is 1.82. The van der Waals surface area contributed by atoms with Crippen LogP contribution in [0.3, 0.4) is 0 Å². The van der Waals surface area contributed by atoms with Crippen molar-refractivity contribution in [3.8, 4) is 0 Å². The van der Waals surface area contributed by atoms with Gasteiger partial charge in [-0.1, -0.05) is 0 Å². The van der Waals surface area contributed by atoms with Crippen LogP contribution in [-0.2, 0) is 4.74 Å². The Morgan fingerprint density at radius 1 is 1.50 bits per heavy atom. The van der Waals surface area contributed by atoms with E-state index in [1.165, 1.54) is 5.56 Å². The standard InChI is InChI=1S/C10H16N2OS/c1-13-6-7-14-10(8-11)9-2-4-12-5-3-9/h2-5,10H,6-8,11H2,1H3. The van der Waals surface area contributed by atoms with Crippen molar-refractivity contribution in [1.29, 1.82) is 0 Å². The molecule has 2 N–H and O–H groups in total. The van der Waals surface area contributed by atoms with Gasteiger partial charge >= 0.3 is 0 Å². The Balaban J connectivity index is 2.46. The molecule has 0 aliphatic heterocycles. The molecule has 0 aliphatic rings. The number of thioether (sulfide) groups is 1. The van der Waals surface area contributed by atoms with Crippen LogP contribution in [0.2, 0.25) is 0 Å².